The van der Waals surface area contributed by atoms with Crippen molar-refractivity contribution in [1.29, 1.82) is 0 Å². The molecule has 0 fully saturated rings. The minimum Gasteiger partial charge on any atom is -0.482 e. The summed E-state index contributed by atoms with van der Waals surface area (Å²) in [6, 6.07) is 3.08. The van der Waals surface area contributed by atoms with Gasteiger partial charge in [0.05, 0.1) is 15.1 Å². The number of hydrogen-bond donors (Lipinski definition) is 0. The average Bonchev–Trinajstić information content (AvgIpc) is 2.80. The van der Waals surface area contributed by atoms with Gasteiger partial charge in [0.15, 0.2) is 12.4 Å². The van der Waals surface area contributed by atoms with Crippen molar-refractivity contribution in [3.8, 4) is 5.75 Å². The van der Waals surface area contributed by atoms with Gasteiger partial charge in [0.25, 0.3) is 5.89 Å². The van der Waals surface area contributed by atoms with Crippen molar-refractivity contribution >= 4 is 34.8 Å². The van der Waals surface area contributed by atoms with Crippen molar-refractivity contribution in [2.45, 2.75) is 26.4 Å². The van der Waals surface area contributed by atoms with E-state index in [4.69, 9.17) is 44.1 Å². The van der Waals surface area contributed by atoms with Crippen LogP contribution in [0.25, 0.3) is 0 Å². The Morgan fingerprint density at radius 2 is 1.89 bits per heavy atom. The van der Waals surface area contributed by atoms with Gasteiger partial charge in [-0.25, -0.2) is 0 Å². The Morgan fingerprint density at radius 1 is 1.16 bits per heavy atom. The van der Waals surface area contributed by atoms with E-state index in [9.17, 15) is 0 Å². The van der Waals surface area contributed by atoms with E-state index in [1.807, 2.05) is 6.92 Å². The molecule has 0 unspecified atom stereocenters. The van der Waals surface area contributed by atoms with Crippen LogP contribution in [0.15, 0.2) is 16.7 Å². The van der Waals surface area contributed by atoms with Crippen molar-refractivity contribution in [3.05, 3.63) is 38.9 Å². The van der Waals surface area contributed by atoms with E-state index in [2.05, 4.69) is 10.1 Å². The topological polar surface area (TPSA) is 48.2 Å². The standard InChI is InChI=1S/C12H11Cl3N2O2/c1-2-3-11-16-12(19-17-11)6-18-10-5-8(14)7(13)4-9(10)15/h4-5H,2-3,6H2,1H3. The number of benzene rings is 1. The quantitative estimate of drug-likeness (QED) is 0.757. The smallest absolute Gasteiger partial charge is 0.264 e. The van der Waals surface area contributed by atoms with Crippen LogP contribution in [0.5, 0.6) is 5.75 Å². The molecule has 1 aromatic carbocycles. The Hall–Kier alpha value is -0.970. The fourth-order valence-electron chi connectivity index (χ4n) is 1.43. The van der Waals surface area contributed by atoms with Crippen LogP contribution < -0.4 is 4.74 Å². The predicted molar refractivity (Wildman–Crippen MR) is 74.1 cm³/mol. The van der Waals surface area contributed by atoms with Gasteiger partial charge in [-0.1, -0.05) is 46.9 Å². The molecule has 2 rings (SSSR count). The van der Waals surface area contributed by atoms with Gasteiger partial charge in [0.2, 0.25) is 0 Å². The van der Waals surface area contributed by atoms with Gasteiger partial charge in [0.1, 0.15) is 5.75 Å². The number of hydrogen-bond acceptors (Lipinski definition) is 4. The Morgan fingerprint density at radius 3 is 2.63 bits per heavy atom. The average molecular weight is 322 g/mol. The zero-order valence-corrected chi connectivity index (χ0v) is 12.4. The third-order valence-electron chi connectivity index (χ3n) is 2.31. The van der Waals surface area contributed by atoms with Crippen molar-refractivity contribution in [2.75, 3.05) is 0 Å². The maximum atomic E-state index is 5.99. The third-order valence-corrected chi connectivity index (χ3v) is 3.33. The van der Waals surface area contributed by atoms with Crippen molar-refractivity contribution in [3.63, 3.8) is 0 Å². The summed E-state index contributed by atoms with van der Waals surface area (Å²) in [5.41, 5.74) is 0. The van der Waals surface area contributed by atoms with Crippen molar-refractivity contribution < 1.29 is 9.26 Å². The summed E-state index contributed by atoms with van der Waals surface area (Å²) in [5, 5.41) is 4.95. The van der Waals surface area contributed by atoms with Gasteiger partial charge in [-0.3, -0.25) is 0 Å². The van der Waals surface area contributed by atoms with Crippen LogP contribution in [0.2, 0.25) is 15.1 Å². The second-order valence-electron chi connectivity index (χ2n) is 3.84. The molecule has 2 aromatic rings. The number of rotatable bonds is 5. The van der Waals surface area contributed by atoms with Crippen LogP contribution in [-0.2, 0) is 13.0 Å². The summed E-state index contributed by atoms with van der Waals surface area (Å²) in [4.78, 5) is 4.18. The summed E-state index contributed by atoms with van der Waals surface area (Å²) >= 11 is 17.7. The van der Waals surface area contributed by atoms with E-state index in [-0.39, 0.29) is 6.61 Å². The highest BCUT2D eigenvalue weighted by molar-refractivity contribution is 6.43. The molecule has 0 aliphatic carbocycles. The SMILES string of the molecule is CCCc1noc(COc2cc(Cl)c(Cl)cc2Cl)n1. The monoisotopic (exact) mass is 320 g/mol. The van der Waals surface area contributed by atoms with Crippen LogP contribution >= 0.6 is 34.8 Å². The lowest BCUT2D eigenvalue weighted by atomic mass is 10.3. The molecule has 19 heavy (non-hydrogen) atoms. The summed E-state index contributed by atoms with van der Waals surface area (Å²) in [6.07, 6.45) is 1.73. The van der Waals surface area contributed by atoms with Crippen molar-refractivity contribution in [1.82, 2.24) is 10.1 Å². The number of aromatic nitrogens is 2. The fraction of sp³-hybridized carbons (Fsp3) is 0.333. The van der Waals surface area contributed by atoms with Gasteiger partial charge in [-0.05, 0) is 12.5 Å². The second kappa shape index (κ2) is 6.46. The maximum absolute atomic E-state index is 5.99. The maximum Gasteiger partial charge on any atom is 0.264 e. The van der Waals surface area contributed by atoms with Gasteiger partial charge >= 0.3 is 0 Å². The van der Waals surface area contributed by atoms with Crippen LogP contribution in [0.4, 0.5) is 0 Å². The largest absolute Gasteiger partial charge is 0.482 e. The molecule has 0 radical (unpaired) electrons. The molecular formula is C12H11Cl3N2O2. The first-order valence-corrected chi connectivity index (χ1v) is 6.82. The van der Waals surface area contributed by atoms with Crippen LogP contribution in [0.1, 0.15) is 25.1 Å². The first kappa shape index (κ1) is 14.4. The van der Waals surface area contributed by atoms with E-state index in [0.29, 0.717) is 32.5 Å². The Balaban J connectivity index is 2.03. The number of halogens is 3. The third kappa shape index (κ3) is 3.75. The molecule has 0 spiro atoms. The highest BCUT2D eigenvalue weighted by Gasteiger charge is 2.10. The van der Waals surface area contributed by atoms with E-state index in [1.165, 1.54) is 6.07 Å². The zero-order valence-electron chi connectivity index (χ0n) is 10.1. The molecular weight excluding hydrogens is 311 g/mol. The lowest BCUT2D eigenvalue weighted by Crippen LogP contribution is -1.97. The van der Waals surface area contributed by atoms with Gasteiger partial charge in [-0.15, -0.1) is 0 Å². The predicted octanol–water partition coefficient (Wildman–Crippen LogP) is 4.56. The molecule has 102 valence electrons. The molecule has 4 nitrogen and oxygen atoms in total. The molecule has 0 atom stereocenters. The first-order chi connectivity index (χ1) is 9.10. The molecule has 1 aromatic heterocycles. The lowest BCUT2D eigenvalue weighted by Gasteiger charge is -2.06. The normalized spacial score (nSPS) is 10.7. The lowest BCUT2D eigenvalue weighted by molar-refractivity contribution is 0.242. The number of ether oxygens (including phenoxy) is 1. The molecule has 0 N–H and O–H groups in total. The second-order valence-corrected chi connectivity index (χ2v) is 5.06. The van der Waals surface area contributed by atoms with E-state index >= 15 is 0 Å². The first-order valence-electron chi connectivity index (χ1n) is 5.69. The van der Waals surface area contributed by atoms with Gasteiger partial charge in [0, 0.05) is 12.5 Å². The molecule has 0 aliphatic rings. The minimum absolute atomic E-state index is 0.133. The highest BCUT2D eigenvalue weighted by atomic mass is 35.5. The highest BCUT2D eigenvalue weighted by Crippen LogP contribution is 2.34. The zero-order chi connectivity index (χ0) is 13.8. The molecule has 0 aliphatic heterocycles. The van der Waals surface area contributed by atoms with Gasteiger partial charge < -0.3 is 9.26 Å². The Kier molecular flexibility index (Phi) is 4.91. The Labute approximate surface area is 125 Å². The van der Waals surface area contributed by atoms with Gasteiger partial charge in [-0.2, -0.15) is 4.98 Å². The van der Waals surface area contributed by atoms with E-state index in [0.717, 1.165) is 12.8 Å². The molecule has 0 saturated heterocycles. The minimum atomic E-state index is 0.133. The van der Waals surface area contributed by atoms with Crippen LogP contribution in [-0.4, -0.2) is 10.1 Å². The molecule has 0 saturated carbocycles. The number of nitrogens with zero attached hydrogens (tertiary/aromatic N) is 2. The molecule has 7 heteroatoms. The number of aryl methyl sites for hydroxylation is 1. The summed E-state index contributed by atoms with van der Waals surface area (Å²) in [6.45, 7) is 2.18. The molecule has 0 amide bonds. The van der Waals surface area contributed by atoms with Crippen LogP contribution in [0, 0.1) is 0 Å². The van der Waals surface area contributed by atoms with E-state index in [1.54, 1.807) is 6.07 Å². The summed E-state index contributed by atoms with van der Waals surface area (Å²) in [5.74, 6) is 1.48. The fourth-order valence-corrected chi connectivity index (χ4v) is 2.02. The Bertz CT molecular complexity index is 572. The summed E-state index contributed by atoms with van der Waals surface area (Å²) < 4.78 is 10.5. The van der Waals surface area contributed by atoms with Crippen molar-refractivity contribution in [2.24, 2.45) is 0 Å². The molecule has 0 bridgehead atoms. The van der Waals surface area contributed by atoms with Crippen LogP contribution in [0.3, 0.4) is 0 Å². The summed E-state index contributed by atoms with van der Waals surface area (Å²) in [7, 11) is 0. The molecule has 1 heterocycles. The van der Waals surface area contributed by atoms with E-state index < -0.39 is 0 Å².